The number of amides is 2. The van der Waals surface area contributed by atoms with Gasteiger partial charge in [-0.3, -0.25) is 9.59 Å². The molecule has 1 heterocycles. The average molecular weight is 472 g/mol. The second-order valence-corrected chi connectivity index (χ2v) is 9.10. The molecular formula is C22H15ClFN3O2S2. The molecule has 5 nitrogen and oxygen atoms in total. The first-order chi connectivity index (χ1) is 15.0. The van der Waals surface area contributed by atoms with E-state index in [0.717, 1.165) is 14.6 Å². The number of carbonyl (C=O) groups is 2. The number of nitrogens with one attached hydrogen (secondary N) is 2. The normalized spacial score (nSPS) is 10.8. The number of hydrogen-bond donors (Lipinski definition) is 2. The van der Waals surface area contributed by atoms with E-state index in [1.165, 1.54) is 47.4 Å². The van der Waals surface area contributed by atoms with Crippen LogP contribution in [0.4, 0.5) is 15.8 Å². The van der Waals surface area contributed by atoms with Crippen LogP contribution >= 0.6 is 34.7 Å². The maximum Gasteiger partial charge on any atom is 0.257 e. The standard InChI is InChI=1S/C22H15ClFN3O2S2/c23-17-4-2-1-3-16(17)21(29)26-15-9-10-18-19(11-15)31-22(27-18)30-12-20(28)25-14-7-5-13(24)6-8-14/h1-11H,12H2,(H,25,28)(H,26,29). The second kappa shape index (κ2) is 9.47. The molecule has 4 aromatic rings. The summed E-state index contributed by atoms with van der Waals surface area (Å²) >= 11 is 8.83. The Morgan fingerprint density at radius 2 is 1.74 bits per heavy atom. The molecule has 3 aromatic carbocycles. The summed E-state index contributed by atoms with van der Waals surface area (Å²) in [5, 5.41) is 5.94. The zero-order chi connectivity index (χ0) is 21.8. The van der Waals surface area contributed by atoms with Crippen molar-refractivity contribution in [1.29, 1.82) is 0 Å². The molecule has 0 aliphatic carbocycles. The van der Waals surface area contributed by atoms with E-state index in [1.54, 1.807) is 30.3 Å². The van der Waals surface area contributed by atoms with Crippen LogP contribution in [0.3, 0.4) is 0 Å². The summed E-state index contributed by atoms with van der Waals surface area (Å²) in [5.41, 5.74) is 2.35. The highest BCUT2D eigenvalue weighted by molar-refractivity contribution is 8.01. The molecule has 2 N–H and O–H groups in total. The van der Waals surface area contributed by atoms with Crippen LogP contribution in [-0.2, 0) is 4.79 Å². The fourth-order valence-electron chi connectivity index (χ4n) is 2.74. The predicted octanol–water partition coefficient (Wildman–Crippen LogP) is 6.07. The summed E-state index contributed by atoms with van der Waals surface area (Å²) in [4.78, 5) is 29.1. The predicted molar refractivity (Wildman–Crippen MR) is 125 cm³/mol. The number of aromatic nitrogens is 1. The number of fused-ring (bicyclic) bond motifs is 1. The van der Waals surface area contributed by atoms with Crippen molar-refractivity contribution in [2.45, 2.75) is 4.34 Å². The number of hydrogen-bond acceptors (Lipinski definition) is 5. The van der Waals surface area contributed by atoms with Crippen LogP contribution in [0.15, 0.2) is 71.1 Å². The Morgan fingerprint density at radius 3 is 2.52 bits per heavy atom. The summed E-state index contributed by atoms with van der Waals surface area (Å²) in [7, 11) is 0. The van der Waals surface area contributed by atoms with Gasteiger partial charge in [0.2, 0.25) is 5.91 Å². The highest BCUT2D eigenvalue weighted by Crippen LogP contribution is 2.31. The highest BCUT2D eigenvalue weighted by Gasteiger charge is 2.12. The third-order valence-electron chi connectivity index (χ3n) is 4.20. The topological polar surface area (TPSA) is 71.1 Å². The highest BCUT2D eigenvalue weighted by atomic mass is 35.5. The Bertz CT molecular complexity index is 1260. The Kier molecular flexibility index (Phi) is 6.50. The van der Waals surface area contributed by atoms with Gasteiger partial charge in [-0.15, -0.1) is 11.3 Å². The number of anilines is 2. The van der Waals surface area contributed by atoms with E-state index in [-0.39, 0.29) is 23.4 Å². The summed E-state index contributed by atoms with van der Waals surface area (Å²) in [6.45, 7) is 0. The summed E-state index contributed by atoms with van der Waals surface area (Å²) in [5.74, 6) is -0.679. The Hall–Kier alpha value is -2.94. The van der Waals surface area contributed by atoms with Crippen LogP contribution in [0.5, 0.6) is 0 Å². The molecule has 0 bridgehead atoms. The van der Waals surface area contributed by atoms with E-state index >= 15 is 0 Å². The number of benzene rings is 3. The van der Waals surface area contributed by atoms with Crippen molar-refractivity contribution >= 4 is 68.1 Å². The van der Waals surface area contributed by atoms with Gasteiger partial charge >= 0.3 is 0 Å². The number of thiazole rings is 1. The minimum absolute atomic E-state index is 0.174. The average Bonchev–Trinajstić information content (AvgIpc) is 3.16. The van der Waals surface area contributed by atoms with Gasteiger partial charge in [0.1, 0.15) is 5.82 Å². The number of thioether (sulfide) groups is 1. The SMILES string of the molecule is O=C(CSc1nc2ccc(NC(=O)c3ccccc3Cl)cc2s1)Nc1ccc(F)cc1. The summed E-state index contributed by atoms with van der Waals surface area (Å²) in [6.07, 6.45) is 0. The maximum atomic E-state index is 12.9. The van der Waals surface area contributed by atoms with Crippen molar-refractivity contribution in [3.8, 4) is 0 Å². The van der Waals surface area contributed by atoms with E-state index in [9.17, 15) is 14.0 Å². The molecule has 9 heteroatoms. The lowest BCUT2D eigenvalue weighted by Gasteiger charge is -2.06. The van der Waals surface area contributed by atoms with Crippen molar-refractivity contribution < 1.29 is 14.0 Å². The van der Waals surface area contributed by atoms with Gasteiger partial charge in [0.15, 0.2) is 4.34 Å². The fourth-order valence-corrected chi connectivity index (χ4v) is 4.87. The molecule has 156 valence electrons. The van der Waals surface area contributed by atoms with E-state index < -0.39 is 0 Å². The zero-order valence-corrected chi connectivity index (χ0v) is 18.3. The molecule has 0 aliphatic heterocycles. The molecule has 0 atom stereocenters. The first kappa shape index (κ1) is 21.3. The minimum Gasteiger partial charge on any atom is -0.325 e. The first-order valence-electron chi connectivity index (χ1n) is 9.12. The van der Waals surface area contributed by atoms with Crippen molar-refractivity contribution in [1.82, 2.24) is 4.98 Å². The lowest BCUT2D eigenvalue weighted by atomic mass is 10.2. The molecule has 0 saturated heterocycles. The Labute approximate surface area is 190 Å². The Morgan fingerprint density at radius 1 is 1.00 bits per heavy atom. The molecule has 0 radical (unpaired) electrons. The monoisotopic (exact) mass is 471 g/mol. The van der Waals surface area contributed by atoms with Gasteiger partial charge in [-0.1, -0.05) is 35.5 Å². The van der Waals surface area contributed by atoms with Crippen molar-refractivity contribution in [3.63, 3.8) is 0 Å². The second-order valence-electron chi connectivity index (χ2n) is 6.44. The van der Waals surface area contributed by atoms with Gasteiger partial charge in [0.05, 0.1) is 26.6 Å². The molecule has 0 aliphatic rings. The van der Waals surface area contributed by atoms with E-state index in [0.29, 0.717) is 22.0 Å². The van der Waals surface area contributed by atoms with E-state index in [2.05, 4.69) is 15.6 Å². The number of rotatable bonds is 6. The van der Waals surface area contributed by atoms with Gasteiger partial charge in [0.25, 0.3) is 5.91 Å². The van der Waals surface area contributed by atoms with Crippen LogP contribution in [0.25, 0.3) is 10.2 Å². The lowest BCUT2D eigenvalue weighted by Crippen LogP contribution is -2.13. The number of halogens is 2. The van der Waals surface area contributed by atoms with E-state index in [1.807, 2.05) is 12.1 Å². The van der Waals surface area contributed by atoms with Crippen molar-refractivity contribution in [2.75, 3.05) is 16.4 Å². The van der Waals surface area contributed by atoms with Crippen LogP contribution in [0, 0.1) is 5.82 Å². The third kappa shape index (κ3) is 5.41. The Balaban J connectivity index is 1.39. The summed E-state index contributed by atoms with van der Waals surface area (Å²) < 4.78 is 14.6. The van der Waals surface area contributed by atoms with Crippen molar-refractivity contribution in [2.24, 2.45) is 0 Å². The molecule has 2 amide bonds. The molecule has 0 unspecified atom stereocenters. The molecule has 0 saturated carbocycles. The number of carbonyl (C=O) groups excluding carboxylic acids is 2. The van der Waals surface area contributed by atoms with E-state index in [4.69, 9.17) is 11.6 Å². The molecule has 4 rings (SSSR count). The maximum absolute atomic E-state index is 12.9. The smallest absolute Gasteiger partial charge is 0.257 e. The lowest BCUT2D eigenvalue weighted by molar-refractivity contribution is -0.113. The fraction of sp³-hybridized carbons (Fsp3) is 0.0455. The molecule has 0 spiro atoms. The van der Waals surface area contributed by atoms with Crippen LogP contribution < -0.4 is 10.6 Å². The largest absolute Gasteiger partial charge is 0.325 e. The van der Waals surface area contributed by atoms with Gasteiger partial charge < -0.3 is 10.6 Å². The first-order valence-corrected chi connectivity index (χ1v) is 11.3. The van der Waals surface area contributed by atoms with Gasteiger partial charge in [-0.25, -0.2) is 9.37 Å². The number of nitrogens with zero attached hydrogens (tertiary/aromatic N) is 1. The molecule has 0 fully saturated rings. The van der Waals surface area contributed by atoms with Crippen LogP contribution in [-0.4, -0.2) is 22.6 Å². The van der Waals surface area contributed by atoms with Gasteiger partial charge in [-0.2, -0.15) is 0 Å². The molecule has 1 aromatic heterocycles. The third-order valence-corrected chi connectivity index (χ3v) is 6.69. The van der Waals surface area contributed by atoms with Crippen molar-refractivity contribution in [3.05, 3.63) is 83.1 Å². The minimum atomic E-state index is -0.357. The van der Waals surface area contributed by atoms with Gasteiger partial charge in [-0.05, 0) is 54.6 Å². The quantitative estimate of drug-likeness (QED) is 0.335. The van der Waals surface area contributed by atoms with Gasteiger partial charge in [0, 0.05) is 11.4 Å². The van der Waals surface area contributed by atoms with Crippen LogP contribution in [0.2, 0.25) is 5.02 Å². The zero-order valence-electron chi connectivity index (χ0n) is 15.9. The molecular weight excluding hydrogens is 457 g/mol. The summed E-state index contributed by atoms with van der Waals surface area (Å²) in [6, 6.07) is 17.9. The molecule has 31 heavy (non-hydrogen) atoms. The van der Waals surface area contributed by atoms with Crippen LogP contribution in [0.1, 0.15) is 10.4 Å².